The number of thioether (sulfide) groups is 1. The second kappa shape index (κ2) is 8.66. The molecule has 146 valence electrons. The van der Waals surface area contributed by atoms with E-state index < -0.39 is 0 Å². The highest BCUT2D eigenvalue weighted by atomic mass is 32.2. The molecule has 5 heteroatoms. The molecule has 2 aliphatic rings. The molecule has 0 unspecified atom stereocenters. The predicted molar refractivity (Wildman–Crippen MR) is 120 cm³/mol. The minimum atomic E-state index is 0.0341. The largest absolute Gasteiger partial charge is 0.464 e. The van der Waals surface area contributed by atoms with Crippen molar-refractivity contribution in [1.29, 1.82) is 0 Å². The Hall–Kier alpha value is -1.85. The minimum absolute atomic E-state index is 0.0341. The third-order valence-electron chi connectivity index (χ3n) is 5.58. The van der Waals surface area contributed by atoms with Crippen LogP contribution in [-0.2, 0) is 4.79 Å². The fourth-order valence-corrected chi connectivity index (χ4v) is 5.38. The Bertz CT molecular complexity index is 890. The van der Waals surface area contributed by atoms with E-state index in [1.165, 1.54) is 49.4 Å². The maximum atomic E-state index is 13.1. The Balaban J connectivity index is 1.58. The van der Waals surface area contributed by atoms with E-state index in [4.69, 9.17) is 16.6 Å². The molecule has 3 nitrogen and oxygen atoms in total. The Morgan fingerprint density at radius 3 is 2.46 bits per heavy atom. The van der Waals surface area contributed by atoms with Gasteiger partial charge in [-0.15, -0.1) is 0 Å². The molecule has 1 aromatic heterocycles. The van der Waals surface area contributed by atoms with Crippen LogP contribution in [0.15, 0.2) is 45.9 Å². The maximum Gasteiger partial charge on any atom is 0.266 e. The predicted octanol–water partition coefficient (Wildman–Crippen LogP) is 6.57. The van der Waals surface area contributed by atoms with Crippen molar-refractivity contribution in [3.8, 4) is 11.1 Å². The van der Waals surface area contributed by atoms with Crippen molar-refractivity contribution < 1.29 is 9.21 Å². The number of benzene rings is 1. The van der Waals surface area contributed by atoms with Crippen LogP contribution >= 0.6 is 24.0 Å². The normalized spacial score (nSPS) is 20.6. The third kappa shape index (κ3) is 4.11. The topological polar surface area (TPSA) is 33.5 Å². The van der Waals surface area contributed by atoms with Gasteiger partial charge in [0.25, 0.3) is 5.91 Å². The highest BCUT2D eigenvalue weighted by Crippen LogP contribution is 2.38. The highest BCUT2D eigenvalue weighted by Gasteiger charge is 2.37. The third-order valence-corrected chi connectivity index (χ3v) is 6.91. The zero-order valence-electron chi connectivity index (χ0n) is 16.1. The van der Waals surface area contributed by atoms with Crippen LogP contribution in [0.4, 0.5) is 0 Å². The maximum absolute atomic E-state index is 13.1. The average Bonchev–Trinajstić information content (AvgIpc) is 3.21. The van der Waals surface area contributed by atoms with E-state index in [2.05, 4.69) is 31.2 Å². The number of thiocarbonyl (C=S) groups is 1. The molecule has 0 bridgehead atoms. The zero-order chi connectivity index (χ0) is 19.5. The van der Waals surface area contributed by atoms with E-state index in [9.17, 15) is 4.79 Å². The number of hydrogen-bond acceptors (Lipinski definition) is 4. The van der Waals surface area contributed by atoms with Gasteiger partial charge >= 0.3 is 0 Å². The summed E-state index contributed by atoms with van der Waals surface area (Å²) >= 11 is 6.99. The van der Waals surface area contributed by atoms with Gasteiger partial charge < -0.3 is 4.42 Å². The van der Waals surface area contributed by atoms with E-state index in [0.717, 1.165) is 24.0 Å². The van der Waals surface area contributed by atoms with Gasteiger partial charge in [0.05, 0.1) is 11.2 Å². The second-order valence-electron chi connectivity index (χ2n) is 7.62. The van der Waals surface area contributed by atoms with Gasteiger partial charge in [-0.2, -0.15) is 0 Å². The summed E-state index contributed by atoms with van der Waals surface area (Å²) in [6.07, 6.45) is 11.8. The molecule has 2 aromatic rings. The standard InChI is InChI=1S/C23H25NO2S2/c1-16-9-11-17(12-10-16)19-13-14-26-20(19)15-21-22(25)24(23(27)28-21)18-7-5-3-2-4-6-8-18/h9-15,18H,2-8H2,1H3. The van der Waals surface area contributed by atoms with Crippen molar-refractivity contribution in [2.45, 2.75) is 57.9 Å². The minimum Gasteiger partial charge on any atom is -0.464 e. The first kappa shape index (κ1) is 19.5. The Morgan fingerprint density at radius 2 is 1.75 bits per heavy atom. The molecular weight excluding hydrogens is 386 g/mol. The van der Waals surface area contributed by atoms with Crippen LogP contribution in [0.2, 0.25) is 0 Å². The summed E-state index contributed by atoms with van der Waals surface area (Å²) in [6.45, 7) is 2.07. The molecule has 4 rings (SSSR count). The van der Waals surface area contributed by atoms with E-state index in [0.29, 0.717) is 15.0 Å². The fraction of sp³-hybridized carbons (Fsp3) is 0.391. The molecule has 0 radical (unpaired) electrons. The van der Waals surface area contributed by atoms with Gasteiger partial charge in [0.15, 0.2) is 0 Å². The van der Waals surface area contributed by atoms with Gasteiger partial charge in [-0.3, -0.25) is 9.69 Å². The van der Waals surface area contributed by atoms with Crippen molar-refractivity contribution in [3.63, 3.8) is 0 Å². The molecule has 0 N–H and O–H groups in total. The number of amides is 1. The number of aryl methyl sites for hydroxylation is 1. The summed E-state index contributed by atoms with van der Waals surface area (Å²) in [7, 11) is 0. The zero-order valence-corrected chi connectivity index (χ0v) is 17.8. The van der Waals surface area contributed by atoms with E-state index in [1.54, 1.807) is 6.26 Å². The van der Waals surface area contributed by atoms with Crippen molar-refractivity contribution in [2.24, 2.45) is 0 Å². The Labute approximate surface area is 176 Å². The SMILES string of the molecule is Cc1ccc(-c2ccoc2C=C2SC(=S)N(C3CCCCCCC3)C2=O)cc1. The van der Waals surface area contributed by atoms with Crippen LogP contribution in [0.25, 0.3) is 17.2 Å². The molecule has 0 atom stereocenters. The van der Waals surface area contributed by atoms with Crippen LogP contribution in [0.5, 0.6) is 0 Å². The molecule has 1 amide bonds. The Morgan fingerprint density at radius 1 is 1.07 bits per heavy atom. The number of nitrogens with zero attached hydrogens (tertiary/aromatic N) is 1. The molecule has 2 heterocycles. The fourth-order valence-electron chi connectivity index (χ4n) is 4.01. The van der Waals surface area contributed by atoms with Gasteiger partial charge in [-0.1, -0.05) is 85.9 Å². The lowest BCUT2D eigenvalue weighted by atomic mass is 9.96. The van der Waals surface area contributed by atoms with Crippen molar-refractivity contribution >= 4 is 40.3 Å². The lowest BCUT2D eigenvalue weighted by Crippen LogP contribution is -2.39. The molecule has 1 aromatic carbocycles. The average molecular weight is 412 g/mol. The van der Waals surface area contributed by atoms with Crippen molar-refractivity contribution in [1.82, 2.24) is 4.90 Å². The van der Waals surface area contributed by atoms with Crippen LogP contribution in [0.3, 0.4) is 0 Å². The smallest absolute Gasteiger partial charge is 0.266 e. The number of hydrogen-bond donors (Lipinski definition) is 0. The second-order valence-corrected chi connectivity index (χ2v) is 9.29. The molecule has 2 fully saturated rings. The first-order valence-corrected chi connectivity index (χ1v) is 11.3. The van der Waals surface area contributed by atoms with Gasteiger partial charge in [0, 0.05) is 17.7 Å². The quantitative estimate of drug-likeness (QED) is 0.422. The van der Waals surface area contributed by atoms with E-state index >= 15 is 0 Å². The van der Waals surface area contributed by atoms with Gasteiger partial charge in [-0.25, -0.2) is 0 Å². The number of rotatable bonds is 3. The summed E-state index contributed by atoms with van der Waals surface area (Å²) in [5, 5.41) is 0. The monoisotopic (exact) mass is 411 g/mol. The molecule has 28 heavy (non-hydrogen) atoms. The van der Waals surface area contributed by atoms with Crippen LogP contribution < -0.4 is 0 Å². The van der Waals surface area contributed by atoms with Gasteiger partial charge in [0.2, 0.25) is 0 Å². The lowest BCUT2D eigenvalue weighted by Gasteiger charge is -2.28. The Kier molecular flexibility index (Phi) is 6.02. The van der Waals surface area contributed by atoms with Crippen LogP contribution in [0, 0.1) is 6.92 Å². The summed E-state index contributed by atoms with van der Waals surface area (Å²) in [6, 6.07) is 10.5. The van der Waals surface area contributed by atoms with E-state index in [1.807, 2.05) is 17.0 Å². The molecule has 1 aliphatic heterocycles. The first-order chi connectivity index (χ1) is 13.6. The molecule has 1 saturated carbocycles. The number of carbonyl (C=O) groups excluding carboxylic acids is 1. The summed E-state index contributed by atoms with van der Waals surface area (Å²) in [5.74, 6) is 0.744. The summed E-state index contributed by atoms with van der Waals surface area (Å²) in [4.78, 5) is 15.7. The van der Waals surface area contributed by atoms with Crippen LogP contribution in [0.1, 0.15) is 56.3 Å². The molecule has 1 aliphatic carbocycles. The highest BCUT2D eigenvalue weighted by molar-refractivity contribution is 8.26. The first-order valence-electron chi connectivity index (χ1n) is 10.0. The van der Waals surface area contributed by atoms with Crippen molar-refractivity contribution in [2.75, 3.05) is 0 Å². The van der Waals surface area contributed by atoms with Crippen molar-refractivity contribution in [3.05, 3.63) is 52.8 Å². The lowest BCUT2D eigenvalue weighted by molar-refractivity contribution is -0.123. The summed E-state index contributed by atoms with van der Waals surface area (Å²) in [5.41, 5.74) is 3.30. The molecule has 1 saturated heterocycles. The van der Waals surface area contributed by atoms with E-state index in [-0.39, 0.29) is 11.9 Å². The number of furan rings is 1. The van der Waals surface area contributed by atoms with Gasteiger partial charge in [0.1, 0.15) is 10.1 Å². The molecule has 0 spiro atoms. The van der Waals surface area contributed by atoms with Crippen LogP contribution in [-0.4, -0.2) is 21.2 Å². The van der Waals surface area contributed by atoms with Gasteiger partial charge in [-0.05, 0) is 31.4 Å². The number of carbonyl (C=O) groups is 1. The molecular formula is C23H25NO2S2. The summed E-state index contributed by atoms with van der Waals surface area (Å²) < 4.78 is 6.39.